The van der Waals surface area contributed by atoms with Crippen LogP contribution < -0.4 is 5.32 Å². The summed E-state index contributed by atoms with van der Waals surface area (Å²) in [6.45, 7) is 4.39. The van der Waals surface area contributed by atoms with Crippen LogP contribution in [0.2, 0.25) is 0 Å². The zero-order chi connectivity index (χ0) is 30.7. The summed E-state index contributed by atoms with van der Waals surface area (Å²) < 4.78 is 24.7. The highest BCUT2D eigenvalue weighted by Crippen LogP contribution is 2.80. The Kier molecular flexibility index (Phi) is 6.50. The van der Waals surface area contributed by atoms with Crippen molar-refractivity contribution in [1.29, 1.82) is 0 Å². The van der Waals surface area contributed by atoms with Gasteiger partial charge in [0, 0.05) is 70.1 Å². The summed E-state index contributed by atoms with van der Waals surface area (Å²) in [6, 6.07) is 6.08. The minimum Gasteiger partial charge on any atom is -0.454 e. The fraction of sp³-hybridized carbons (Fsp3) is 0.750. The molecular formula is C32H44N2O9. The first-order chi connectivity index (χ1) is 20.4. The predicted octanol–water partition coefficient (Wildman–Crippen LogP) is 1.34. The van der Waals surface area contributed by atoms with E-state index in [2.05, 4.69) is 10.2 Å². The molecular weight excluding hydrogens is 556 g/mol. The number of aliphatic hydroxyl groups is 3. The van der Waals surface area contributed by atoms with E-state index in [-0.39, 0.29) is 36.7 Å². The molecule has 1 amide bonds. The number of amides is 1. The van der Waals surface area contributed by atoms with Crippen LogP contribution in [0.25, 0.3) is 0 Å². The second-order valence-corrected chi connectivity index (χ2v) is 13.9. The lowest BCUT2D eigenvalue weighted by Crippen LogP contribution is -2.87. The van der Waals surface area contributed by atoms with Crippen LogP contribution >= 0.6 is 0 Å². The Morgan fingerprint density at radius 2 is 1.74 bits per heavy atom. The molecule has 6 fully saturated rings. The first kappa shape index (κ1) is 29.6. The number of anilines is 1. The van der Waals surface area contributed by atoms with Gasteiger partial charge in [-0.1, -0.05) is 6.92 Å². The zero-order valence-corrected chi connectivity index (χ0v) is 25.5. The molecule has 11 heteroatoms. The van der Waals surface area contributed by atoms with E-state index >= 15 is 0 Å². The van der Waals surface area contributed by atoms with Gasteiger partial charge < -0.3 is 39.6 Å². The Labute approximate surface area is 251 Å². The molecule has 7 rings (SSSR count). The van der Waals surface area contributed by atoms with Crippen molar-refractivity contribution in [2.45, 2.75) is 92.7 Å². The van der Waals surface area contributed by atoms with Gasteiger partial charge in [-0.3, -0.25) is 9.69 Å². The average Bonchev–Trinajstić information content (AvgIpc) is 3.36. The summed E-state index contributed by atoms with van der Waals surface area (Å²) in [4.78, 5) is 27.5. The van der Waals surface area contributed by atoms with Gasteiger partial charge in [-0.15, -0.1) is 0 Å². The molecule has 43 heavy (non-hydrogen) atoms. The molecule has 5 aliphatic carbocycles. The molecule has 1 saturated heterocycles. The van der Waals surface area contributed by atoms with E-state index in [9.17, 15) is 24.9 Å². The largest absolute Gasteiger partial charge is 0.454 e. The second kappa shape index (κ2) is 9.45. The zero-order valence-electron chi connectivity index (χ0n) is 25.5. The van der Waals surface area contributed by atoms with E-state index in [0.717, 1.165) is 0 Å². The molecule has 6 aliphatic rings. The van der Waals surface area contributed by atoms with Gasteiger partial charge >= 0.3 is 5.97 Å². The van der Waals surface area contributed by atoms with Crippen molar-refractivity contribution in [3.05, 3.63) is 29.8 Å². The number of hydrogen-bond donors (Lipinski definition) is 4. The fourth-order valence-electron chi connectivity index (χ4n) is 11.5. The van der Waals surface area contributed by atoms with Gasteiger partial charge in [-0.25, -0.2) is 4.79 Å². The highest BCUT2D eigenvalue weighted by Gasteiger charge is 2.93. The number of piperidine rings is 1. The molecule has 0 aromatic heterocycles. The second-order valence-electron chi connectivity index (χ2n) is 13.9. The van der Waals surface area contributed by atoms with Crippen LogP contribution in [0.5, 0.6) is 0 Å². The molecule has 1 aromatic carbocycles. The highest BCUT2D eigenvalue weighted by atomic mass is 16.6. The fourth-order valence-corrected chi connectivity index (χ4v) is 11.5. The van der Waals surface area contributed by atoms with Gasteiger partial charge in [0.15, 0.2) is 0 Å². The molecule has 12 unspecified atom stereocenters. The van der Waals surface area contributed by atoms with Gasteiger partial charge in [0.1, 0.15) is 22.4 Å². The monoisotopic (exact) mass is 600 g/mol. The number of methoxy groups -OCH3 is 3. The van der Waals surface area contributed by atoms with E-state index in [1.54, 1.807) is 45.6 Å². The number of likely N-dealkylation sites (tertiary alicyclic amines) is 1. The molecule has 4 N–H and O–H groups in total. The molecule has 1 spiro atoms. The maximum Gasteiger partial charge on any atom is 0.338 e. The standard InChI is InChI=1S/C32H44N2O9/c1-6-34-16-28(43-26(36)18-7-9-19(10-8-18)33-17(2)35)12-11-24(41-4)31-22-13-20-21(40-3)14-30(38,32(22,39)25(20)42-5)29(37,27(31)34)15-23(28)31/h7-10,20-25,27,37-39H,6,11-16H2,1-5H3,(H,33,35). The van der Waals surface area contributed by atoms with Crippen LogP contribution in [0, 0.1) is 23.2 Å². The van der Waals surface area contributed by atoms with E-state index in [1.807, 2.05) is 6.92 Å². The van der Waals surface area contributed by atoms with E-state index < -0.39 is 58.0 Å². The summed E-state index contributed by atoms with van der Waals surface area (Å²) in [5.74, 6) is -1.74. The number of nitrogens with one attached hydrogen (secondary N) is 1. The molecule has 11 nitrogen and oxygen atoms in total. The summed E-state index contributed by atoms with van der Waals surface area (Å²) in [5.41, 5.74) is -6.27. The first-order valence-electron chi connectivity index (χ1n) is 15.5. The number of carbonyl (C=O) groups is 2. The third-order valence-corrected chi connectivity index (χ3v) is 12.7. The van der Waals surface area contributed by atoms with Gasteiger partial charge in [0.2, 0.25) is 5.91 Å². The average molecular weight is 601 g/mol. The SMILES string of the molecule is CCN1CC2(OC(=O)c3ccc(NC(C)=O)cc3)CCC(OC)C34C2CC(O)(C13)C1(O)CC(OC)C2CC4C1(O)C2OC. The molecule has 5 saturated carbocycles. The molecule has 1 aromatic rings. The maximum atomic E-state index is 13.8. The Bertz CT molecular complexity index is 1330. The van der Waals surface area contributed by atoms with Crippen LogP contribution in [-0.4, -0.2) is 113 Å². The number of carbonyl (C=O) groups excluding carboxylic acids is 2. The summed E-state index contributed by atoms with van der Waals surface area (Å²) in [5, 5.41) is 41.4. The first-order valence-corrected chi connectivity index (χ1v) is 15.5. The lowest BCUT2D eigenvalue weighted by atomic mass is 9.43. The van der Waals surface area contributed by atoms with Crippen LogP contribution in [0.1, 0.15) is 56.3 Å². The number of rotatable bonds is 7. The van der Waals surface area contributed by atoms with Gasteiger partial charge in [0.25, 0.3) is 0 Å². The molecule has 0 radical (unpaired) electrons. The van der Waals surface area contributed by atoms with Gasteiger partial charge in [0.05, 0.1) is 29.9 Å². The Morgan fingerprint density at radius 3 is 2.35 bits per heavy atom. The summed E-state index contributed by atoms with van der Waals surface area (Å²) in [6.07, 6.45) is 0.382. The van der Waals surface area contributed by atoms with Crippen LogP contribution in [0.4, 0.5) is 5.69 Å². The third kappa shape index (κ3) is 3.29. The number of ether oxygens (including phenoxy) is 4. The van der Waals surface area contributed by atoms with Crippen molar-refractivity contribution in [2.75, 3.05) is 39.7 Å². The summed E-state index contributed by atoms with van der Waals surface area (Å²) in [7, 11) is 4.83. The molecule has 1 aliphatic heterocycles. The van der Waals surface area contributed by atoms with Crippen molar-refractivity contribution in [1.82, 2.24) is 4.90 Å². The van der Waals surface area contributed by atoms with E-state index in [4.69, 9.17) is 18.9 Å². The quantitative estimate of drug-likeness (QED) is 0.338. The number of benzene rings is 1. The number of hydrogen-bond acceptors (Lipinski definition) is 10. The van der Waals surface area contributed by atoms with E-state index in [1.165, 1.54) is 6.92 Å². The van der Waals surface area contributed by atoms with Crippen molar-refractivity contribution >= 4 is 17.6 Å². The molecule has 12 atom stereocenters. The normalized spacial score (nSPS) is 49.1. The Morgan fingerprint density at radius 1 is 1.02 bits per heavy atom. The topological polar surface area (TPSA) is 147 Å². The number of esters is 1. The highest BCUT2D eigenvalue weighted by molar-refractivity contribution is 5.92. The molecule has 7 bridgehead atoms. The van der Waals surface area contributed by atoms with Crippen LogP contribution in [0.15, 0.2) is 24.3 Å². The smallest absolute Gasteiger partial charge is 0.338 e. The van der Waals surface area contributed by atoms with Crippen LogP contribution in [-0.2, 0) is 23.7 Å². The van der Waals surface area contributed by atoms with Gasteiger partial charge in [-0.05, 0) is 56.5 Å². The van der Waals surface area contributed by atoms with E-state index in [0.29, 0.717) is 43.6 Å². The van der Waals surface area contributed by atoms with Crippen molar-refractivity contribution < 1.29 is 43.9 Å². The minimum absolute atomic E-state index is 0.0828. The Hall–Kier alpha value is -2.12. The van der Waals surface area contributed by atoms with Crippen molar-refractivity contribution in [2.24, 2.45) is 23.2 Å². The molecule has 1 heterocycles. The van der Waals surface area contributed by atoms with Crippen LogP contribution in [0.3, 0.4) is 0 Å². The molecule has 236 valence electrons. The Balaban J connectivity index is 1.37. The van der Waals surface area contributed by atoms with Crippen molar-refractivity contribution in [3.8, 4) is 0 Å². The number of nitrogens with zero attached hydrogens (tertiary/aromatic N) is 1. The lowest BCUT2D eigenvalue weighted by molar-refractivity contribution is -0.369. The number of fused-ring (bicyclic) bond motifs is 2. The third-order valence-electron chi connectivity index (χ3n) is 12.7. The summed E-state index contributed by atoms with van der Waals surface area (Å²) >= 11 is 0. The lowest BCUT2D eigenvalue weighted by Gasteiger charge is -2.71. The van der Waals surface area contributed by atoms with Gasteiger partial charge in [-0.2, -0.15) is 0 Å². The van der Waals surface area contributed by atoms with Crippen molar-refractivity contribution in [3.63, 3.8) is 0 Å². The number of likely N-dealkylation sites (N-methyl/N-ethyl adjacent to an activating group) is 1. The minimum atomic E-state index is -1.92. The predicted molar refractivity (Wildman–Crippen MR) is 153 cm³/mol. The maximum absolute atomic E-state index is 13.8.